The zero-order valence-corrected chi connectivity index (χ0v) is 11.4. The molecule has 1 aliphatic heterocycles. The van der Waals surface area contributed by atoms with Gasteiger partial charge in [0, 0.05) is 18.7 Å². The minimum atomic E-state index is -0.521. The van der Waals surface area contributed by atoms with E-state index in [2.05, 4.69) is 6.92 Å². The molecule has 3 nitrogen and oxygen atoms in total. The van der Waals surface area contributed by atoms with E-state index in [4.69, 9.17) is 5.73 Å². The summed E-state index contributed by atoms with van der Waals surface area (Å²) in [5.74, 6) is 0.101. The van der Waals surface area contributed by atoms with Gasteiger partial charge in [-0.2, -0.15) is 0 Å². The van der Waals surface area contributed by atoms with E-state index in [1.54, 1.807) is 6.07 Å². The van der Waals surface area contributed by atoms with Gasteiger partial charge >= 0.3 is 0 Å². The molecule has 1 amide bonds. The van der Waals surface area contributed by atoms with Gasteiger partial charge in [-0.15, -0.1) is 0 Å². The molecule has 104 valence electrons. The van der Waals surface area contributed by atoms with Crippen molar-refractivity contribution in [2.75, 3.05) is 18.8 Å². The number of hydrogen-bond acceptors (Lipinski definition) is 2. The number of nitrogen functional groups attached to an aromatic ring is 1. The maximum atomic E-state index is 13.4. The molecule has 1 aliphatic rings. The Hall–Kier alpha value is -1.58. The van der Waals surface area contributed by atoms with E-state index in [-0.39, 0.29) is 11.6 Å². The van der Waals surface area contributed by atoms with E-state index in [0.717, 1.165) is 25.9 Å². The second-order valence-electron chi connectivity index (χ2n) is 5.23. The zero-order chi connectivity index (χ0) is 13.8. The molecule has 0 bridgehead atoms. The second-order valence-corrected chi connectivity index (χ2v) is 5.23. The van der Waals surface area contributed by atoms with Crippen LogP contribution >= 0.6 is 0 Å². The van der Waals surface area contributed by atoms with Gasteiger partial charge in [0.2, 0.25) is 0 Å². The number of rotatable bonds is 2. The van der Waals surface area contributed by atoms with Crippen LogP contribution in [-0.2, 0) is 0 Å². The Morgan fingerprint density at radius 2 is 2.21 bits per heavy atom. The van der Waals surface area contributed by atoms with Gasteiger partial charge in [0.1, 0.15) is 5.82 Å². The van der Waals surface area contributed by atoms with E-state index in [1.807, 2.05) is 4.90 Å². The van der Waals surface area contributed by atoms with Crippen molar-refractivity contribution in [1.29, 1.82) is 0 Å². The molecule has 0 aromatic heterocycles. The Balaban J connectivity index is 2.08. The lowest BCUT2D eigenvalue weighted by molar-refractivity contribution is 0.0759. The van der Waals surface area contributed by atoms with E-state index in [1.165, 1.54) is 25.0 Å². The maximum Gasteiger partial charge on any atom is 0.253 e. The first kappa shape index (κ1) is 13.8. The van der Waals surface area contributed by atoms with E-state index >= 15 is 0 Å². The topological polar surface area (TPSA) is 46.3 Å². The number of anilines is 1. The van der Waals surface area contributed by atoms with Crippen molar-refractivity contribution in [3.05, 3.63) is 29.6 Å². The van der Waals surface area contributed by atoms with E-state index < -0.39 is 5.82 Å². The van der Waals surface area contributed by atoms with E-state index in [9.17, 15) is 9.18 Å². The molecule has 0 saturated carbocycles. The lowest BCUT2D eigenvalue weighted by Gasteiger charge is -2.20. The molecule has 1 aromatic carbocycles. The number of nitrogens with zero attached hydrogens (tertiary/aromatic N) is 1. The first-order valence-corrected chi connectivity index (χ1v) is 6.96. The van der Waals surface area contributed by atoms with Crippen LogP contribution in [0.25, 0.3) is 0 Å². The van der Waals surface area contributed by atoms with Gasteiger partial charge in [0.15, 0.2) is 0 Å². The van der Waals surface area contributed by atoms with Crippen LogP contribution in [0, 0.1) is 11.7 Å². The Morgan fingerprint density at radius 3 is 2.89 bits per heavy atom. The van der Waals surface area contributed by atoms with Crippen LogP contribution in [0.4, 0.5) is 10.1 Å². The maximum absolute atomic E-state index is 13.4. The third-order valence-corrected chi connectivity index (χ3v) is 3.96. The van der Waals surface area contributed by atoms with Gasteiger partial charge in [-0.25, -0.2) is 4.39 Å². The molecule has 1 unspecified atom stereocenters. The first-order valence-electron chi connectivity index (χ1n) is 6.96. The number of carbonyl (C=O) groups is 1. The average molecular weight is 264 g/mol. The van der Waals surface area contributed by atoms with Gasteiger partial charge in [-0.1, -0.05) is 13.3 Å². The molecule has 0 aliphatic carbocycles. The fraction of sp³-hybridized carbons (Fsp3) is 0.533. The number of nitrogens with two attached hydrogens (primary N) is 1. The highest BCUT2D eigenvalue weighted by Gasteiger charge is 2.21. The van der Waals surface area contributed by atoms with Crippen molar-refractivity contribution in [2.45, 2.75) is 32.6 Å². The molecule has 4 heteroatoms. The Labute approximate surface area is 113 Å². The van der Waals surface area contributed by atoms with Gasteiger partial charge < -0.3 is 10.6 Å². The summed E-state index contributed by atoms with van der Waals surface area (Å²) in [6, 6.07) is 4.29. The van der Waals surface area contributed by atoms with Crippen LogP contribution in [0.15, 0.2) is 18.2 Å². The number of hydrogen-bond donors (Lipinski definition) is 1. The third-order valence-electron chi connectivity index (χ3n) is 3.96. The molecule has 1 aromatic rings. The third kappa shape index (κ3) is 3.25. The van der Waals surface area contributed by atoms with Gasteiger partial charge in [0.25, 0.3) is 5.91 Å². The largest absolute Gasteiger partial charge is 0.396 e. The summed E-state index contributed by atoms with van der Waals surface area (Å²) in [4.78, 5) is 14.2. The smallest absolute Gasteiger partial charge is 0.253 e. The van der Waals surface area contributed by atoms with Gasteiger partial charge in [-0.05, 0) is 43.4 Å². The molecular weight excluding hydrogens is 243 g/mol. The molecule has 19 heavy (non-hydrogen) atoms. The molecule has 1 atom stereocenters. The molecule has 2 rings (SSSR count). The number of benzene rings is 1. The summed E-state index contributed by atoms with van der Waals surface area (Å²) < 4.78 is 13.4. The number of likely N-dealkylation sites (tertiary alicyclic amines) is 1. The SMILES string of the molecule is CCC1CCCN(C(=O)c2ccc(N)c(F)c2)CC1. The van der Waals surface area contributed by atoms with Crippen molar-refractivity contribution in [3.63, 3.8) is 0 Å². The van der Waals surface area contributed by atoms with Crippen LogP contribution in [0.2, 0.25) is 0 Å². The molecule has 0 radical (unpaired) electrons. The van der Waals surface area contributed by atoms with E-state index in [0.29, 0.717) is 11.5 Å². The minimum absolute atomic E-state index is 0.0819. The molecule has 1 heterocycles. The summed E-state index contributed by atoms with van der Waals surface area (Å²) in [5, 5.41) is 0. The van der Waals surface area contributed by atoms with Crippen molar-refractivity contribution in [2.24, 2.45) is 5.92 Å². The Kier molecular flexibility index (Phi) is 4.40. The molecule has 1 saturated heterocycles. The van der Waals surface area contributed by atoms with Crippen LogP contribution in [0.1, 0.15) is 43.0 Å². The second kappa shape index (κ2) is 6.04. The fourth-order valence-corrected chi connectivity index (χ4v) is 2.62. The monoisotopic (exact) mass is 264 g/mol. The highest BCUT2D eigenvalue weighted by atomic mass is 19.1. The van der Waals surface area contributed by atoms with Crippen molar-refractivity contribution in [3.8, 4) is 0 Å². The molecule has 0 spiro atoms. The van der Waals surface area contributed by atoms with Crippen molar-refractivity contribution >= 4 is 11.6 Å². The number of carbonyl (C=O) groups excluding carboxylic acids is 1. The fourth-order valence-electron chi connectivity index (χ4n) is 2.62. The van der Waals surface area contributed by atoms with Crippen LogP contribution < -0.4 is 5.73 Å². The predicted octanol–water partition coefficient (Wildman–Crippen LogP) is 3.06. The van der Waals surface area contributed by atoms with Crippen LogP contribution in [0.3, 0.4) is 0 Å². The summed E-state index contributed by atoms with van der Waals surface area (Å²) >= 11 is 0. The molecule has 1 fully saturated rings. The summed E-state index contributed by atoms with van der Waals surface area (Å²) in [6.45, 7) is 3.72. The highest BCUT2D eigenvalue weighted by Crippen LogP contribution is 2.22. The molecule has 2 N–H and O–H groups in total. The zero-order valence-electron chi connectivity index (χ0n) is 11.4. The van der Waals surface area contributed by atoms with Crippen LogP contribution in [0.5, 0.6) is 0 Å². The average Bonchev–Trinajstić information content (AvgIpc) is 2.66. The Bertz CT molecular complexity index is 461. The highest BCUT2D eigenvalue weighted by molar-refractivity contribution is 5.94. The summed E-state index contributed by atoms with van der Waals surface area (Å²) in [6.07, 6.45) is 4.41. The van der Waals surface area contributed by atoms with Gasteiger partial charge in [-0.3, -0.25) is 4.79 Å². The number of amides is 1. The number of halogens is 1. The van der Waals surface area contributed by atoms with Crippen LogP contribution in [-0.4, -0.2) is 23.9 Å². The van der Waals surface area contributed by atoms with Gasteiger partial charge in [0.05, 0.1) is 5.69 Å². The summed E-state index contributed by atoms with van der Waals surface area (Å²) in [7, 11) is 0. The van der Waals surface area contributed by atoms with Crippen molar-refractivity contribution in [1.82, 2.24) is 4.90 Å². The normalized spacial score (nSPS) is 20.1. The standard InChI is InChI=1S/C15H21FN2O/c1-2-11-4-3-8-18(9-7-11)15(19)12-5-6-14(17)13(16)10-12/h5-6,10-11H,2-4,7-9,17H2,1H3. The predicted molar refractivity (Wildman–Crippen MR) is 74.3 cm³/mol. The quantitative estimate of drug-likeness (QED) is 0.834. The Morgan fingerprint density at radius 1 is 1.42 bits per heavy atom. The molecular formula is C15H21FN2O. The first-order chi connectivity index (χ1) is 9.11. The van der Waals surface area contributed by atoms with Crippen molar-refractivity contribution < 1.29 is 9.18 Å². The lowest BCUT2D eigenvalue weighted by Crippen LogP contribution is -2.32. The lowest BCUT2D eigenvalue weighted by atomic mass is 9.98. The minimum Gasteiger partial charge on any atom is -0.396 e. The summed E-state index contributed by atoms with van der Waals surface area (Å²) in [5.41, 5.74) is 5.90.